The van der Waals surface area contributed by atoms with Crippen molar-refractivity contribution in [1.82, 2.24) is 4.40 Å². The molecule has 0 fully saturated rings. The van der Waals surface area contributed by atoms with Gasteiger partial charge in [0.2, 0.25) is 0 Å². The Kier molecular flexibility index (Phi) is 2.77. The van der Waals surface area contributed by atoms with Gasteiger partial charge in [0.25, 0.3) is 5.65 Å². The van der Waals surface area contributed by atoms with Crippen molar-refractivity contribution in [2.45, 2.75) is 26.7 Å². The summed E-state index contributed by atoms with van der Waals surface area (Å²) in [5.74, 6) is 0.485. The number of rotatable bonds is 1. The van der Waals surface area contributed by atoms with Gasteiger partial charge in [0.1, 0.15) is 11.7 Å². The summed E-state index contributed by atoms with van der Waals surface area (Å²) in [6.45, 7) is 6.73. The maximum atomic E-state index is 2.44. The Morgan fingerprint density at radius 3 is 2.45 bits per heavy atom. The van der Waals surface area contributed by atoms with Crippen LogP contribution in [0.3, 0.4) is 0 Å². The molecule has 0 atom stereocenters. The van der Waals surface area contributed by atoms with Gasteiger partial charge in [0, 0.05) is 16.7 Å². The average molecular weight is 289 g/mol. The standard InChI is InChI=1S/C20H21N2/c1-13(2)18-12-21(4)20-19-14(3)8-7-10-16(19)15-9-5-6-11-17(15)22(18)20/h5-13H,1-4H3/q+1. The largest absolute Gasteiger partial charge is 0.295 e. The van der Waals surface area contributed by atoms with E-state index in [4.69, 9.17) is 0 Å². The third-order valence-electron chi connectivity index (χ3n) is 4.65. The van der Waals surface area contributed by atoms with Crippen LogP contribution in [0.4, 0.5) is 0 Å². The lowest BCUT2D eigenvalue weighted by molar-refractivity contribution is -0.643. The fourth-order valence-electron chi connectivity index (χ4n) is 3.63. The van der Waals surface area contributed by atoms with E-state index in [-0.39, 0.29) is 0 Å². The Hall–Kier alpha value is -2.35. The zero-order valence-corrected chi connectivity index (χ0v) is 13.6. The van der Waals surface area contributed by atoms with Crippen LogP contribution in [-0.2, 0) is 7.05 Å². The first-order valence-electron chi connectivity index (χ1n) is 7.90. The molecule has 0 aliphatic heterocycles. The van der Waals surface area contributed by atoms with E-state index in [2.05, 4.69) is 85.4 Å². The van der Waals surface area contributed by atoms with Crippen molar-refractivity contribution in [3.8, 4) is 0 Å². The zero-order chi connectivity index (χ0) is 15.4. The molecule has 0 N–H and O–H groups in total. The number of aryl methyl sites for hydroxylation is 2. The van der Waals surface area contributed by atoms with Crippen molar-refractivity contribution >= 4 is 27.3 Å². The smallest absolute Gasteiger partial charge is 0.232 e. The predicted molar refractivity (Wildman–Crippen MR) is 92.4 cm³/mol. The van der Waals surface area contributed by atoms with Crippen molar-refractivity contribution in [3.05, 3.63) is 59.9 Å². The molecule has 0 amide bonds. The molecule has 22 heavy (non-hydrogen) atoms. The molecule has 0 aliphatic carbocycles. The van der Waals surface area contributed by atoms with Gasteiger partial charge in [-0.3, -0.25) is 0 Å². The summed E-state index contributed by atoms with van der Waals surface area (Å²) in [4.78, 5) is 0. The van der Waals surface area contributed by atoms with E-state index in [0.29, 0.717) is 5.92 Å². The number of hydrogen-bond acceptors (Lipinski definition) is 0. The van der Waals surface area contributed by atoms with Crippen LogP contribution in [0.1, 0.15) is 31.0 Å². The minimum absolute atomic E-state index is 0.485. The fourth-order valence-corrected chi connectivity index (χ4v) is 3.63. The topological polar surface area (TPSA) is 8.29 Å². The monoisotopic (exact) mass is 289 g/mol. The van der Waals surface area contributed by atoms with Crippen LogP contribution in [-0.4, -0.2) is 4.40 Å². The molecule has 2 heterocycles. The highest BCUT2D eigenvalue weighted by Crippen LogP contribution is 2.32. The van der Waals surface area contributed by atoms with E-state index in [0.717, 1.165) is 0 Å². The van der Waals surface area contributed by atoms with Crippen molar-refractivity contribution in [1.29, 1.82) is 0 Å². The van der Waals surface area contributed by atoms with Crippen molar-refractivity contribution in [2.75, 3.05) is 0 Å². The SMILES string of the molecule is Cc1cccc2c3ccccc3n3c(C(C)C)c[n+](C)c3c12. The molecule has 2 aromatic heterocycles. The van der Waals surface area contributed by atoms with Crippen molar-refractivity contribution in [2.24, 2.45) is 7.05 Å². The number of para-hydroxylation sites is 1. The summed E-state index contributed by atoms with van der Waals surface area (Å²) in [5.41, 5.74) is 5.27. The first-order chi connectivity index (χ1) is 10.6. The number of pyridine rings is 1. The Labute approximate surface area is 130 Å². The van der Waals surface area contributed by atoms with Gasteiger partial charge >= 0.3 is 0 Å². The summed E-state index contributed by atoms with van der Waals surface area (Å²) in [5, 5.41) is 4.02. The van der Waals surface area contributed by atoms with Gasteiger partial charge < -0.3 is 0 Å². The van der Waals surface area contributed by atoms with Crippen molar-refractivity contribution in [3.63, 3.8) is 0 Å². The summed E-state index contributed by atoms with van der Waals surface area (Å²) < 4.78 is 4.71. The molecule has 2 aromatic carbocycles. The molecule has 110 valence electrons. The lowest BCUT2D eigenvalue weighted by Crippen LogP contribution is -2.26. The second kappa shape index (κ2) is 4.57. The average Bonchev–Trinajstić information content (AvgIpc) is 2.86. The van der Waals surface area contributed by atoms with Gasteiger partial charge in [-0.1, -0.05) is 50.2 Å². The Bertz CT molecular complexity index is 1020. The first kappa shape index (κ1) is 13.3. The number of benzene rings is 2. The molecule has 0 radical (unpaired) electrons. The van der Waals surface area contributed by atoms with Crippen LogP contribution in [0.25, 0.3) is 27.3 Å². The molecule has 4 aromatic rings. The molecule has 2 heteroatoms. The Balaban J connectivity index is 2.44. The van der Waals surface area contributed by atoms with Gasteiger partial charge in [-0.2, -0.15) is 4.40 Å². The highest BCUT2D eigenvalue weighted by atomic mass is 15.1. The van der Waals surface area contributed by atoms with Gasteiger partial charge in [-0.25, -0.2) is 4.57 Å². The molecular weight excluding hydrogens is 268 g/mol. The van der Waals surface area contributed by atoms with E-state index in [1.165, 1.54) is 38.6 Å². The summed E-state index contributed by atoms with van der Waals surface area (Å²) >= 11 is 0. The van der Waals surface area contributed by atoms with Crippen LogP contribution in [0.15, 0.2) is 48.7 Å². The quantitative estimate of drug-likeness (QED) is 0.360. The van der Waals surface area contributed by atoms with E-state index in [9.17, 15) is 0 Å². The normalized spacial score (nSPS) is 12.0. The van der Waals surface area contributed by atoms with Crippen LogP contribution in [0, 0.1) is 6.92 Å². The Morgan fingerprint density at radius 1 is 0.955 bits per heavy atom. The Morgan fingerprint density at radius 2 is 1.68 bits per heavy atom. The maximum Gasteiger partial charge on any atom is 0.295 e. The van der Waals surface area contributed by atoms with E-state index < -0.39 is 0 Å². The molecule has 2 nitrogen and oxygen atoms in total. The summed E-state index contributed by atoms with van der Waals surface area (Å²) in [7, 11) is 2.15. The highest BCUT2D eigenvalue weighted by Gasteiger charge is 2.24. The zero-order valence-electron chi connectivity index (χ0n) is 13.6. The molecule has 0 unspecified atom stereocenters. The first-order valence-corrected chi connectivity index (χ1v) is 7.90. The van der Waals surface area contributed by atoms with Gasteiger partial charge in [0.15, 0.2) is 5.69 Å². The predicted octanol–water partition coefficient (Wildman–Crippen LogP) is 4.50. The minimum atomic E-state index is 0.485. The second-order valence-corrected chi connectivity index (χ2v) is 6.49. The molecule has 0 saturated carbocycles. The fraction of sp³-hybridized carbons (Fsp3) is 0.250. The number of nitrogens with zero attached hydrogens (tertiary/aromatic N) is 2. The maximum absolute atomic E-state index is 2.44. The van der Waals surface area contributed by atoms with E-state index in [1.54, 1.807) is 0 Å². The third kappa shape index (κ3) is 1.64. The molecule has 0 aliphatic rings. The number of imidazole rings is 1. The summed E-state index contributed by atoms with van der Waals surface area (Å²) in [6, 6.07) is 15.3. The number of hydrogen-bond donors (Lipinski definition) is 0. The summed E-state index contributed by atoms with van der Waals surface area (Å²) in [6.07, 6.45) is 2.28. The highest BCUT2D eigenvalue weighted by molar-refractivity contribution is 6.12. The third-order valence-corrected chi connectivity index (χ3v) is 4.65. The van der Waals surface area contributed by atoms with Crippen molar-refractivity contribution < 1.29 is 4.57 Å². The van der Waals surface area contributed by atoms with E-state index >= 15 is 0 Å². The van der Waals surface area contributed by atoms with Gasteiger partial charge in [-0.15, -0.1) is 0 Å². The molecule has 0 spiro atoms. The lowest BCUT2D eigenvalue weighted by atomic mass is 10.0. The molecule has 0 saturated heterocycles. The van der Waals surface area contributed by atoms with Gasteiger partial charge in [0.05, 0.1) is 12.4 Å². The minimum Gasteiger partial charge on any atom is -0.232 e. The number of aromatic nitrogens is 2. The van der Waals surface area contributed by atoms with Gasteiger partial charge in [-0.05, 0) is 18.6 Å². The number of fused-ring (bicyclic) bond motifs is 6. The van der Waals surface area contributed by atoms with Crippen LogP contribution < -0.4 is 4.57 Å². The lowest BCUT2D eigenvalue weighted by Gasteiger charge is -2.08. The molecule has 0 bridgehead atoms. The van der Waals surface area contributed by atoms with E-state index in [1.807, 2.05) is 0 Å². The van der Waals surface area contributed by atoms with Crippen LogP contribution >= 0.6 is 0 Å². The molecule has 4 rings (SSSR count). The van der Waals surface area contributed by atoms with Crippen LogP contribution in [0.2, 0.25) is 0 Å². The molecular formula is C20H21N2+. The second-order valence-electron chi connectivity index (χ2n) is 6.49. The van der Waals surface area contributed by atoms with Crippen LogP contribution in [0.5, 0.6) is 0 Å².